The molecule has 5 nitrogen and oxygen atoms in total. The highest BCUT2D eigenvalue weighted by Crippen LogP contribution is 2.21. The molecule has 0 saturated carbocycles. The van der Waals surface area contributed by atoms with Crippen LogP contribution in [0.2, 0.25) is 0 Å². The lowest BCUT2D eigenvalue weighted by Gasteiger charge is -2.09. The Morgan fingerprint density at radius 2 is 1.76 bits per heavy atom. The molecule has 0 saturated heterocycles. The van der Waals surface area contributed by atoms with Crippen molar-refractivity contribution in [2.75, 3.05) is 17.7 Å². The molecule has 0 unspecified atom stereocenters. The van der Waals surface area contributed by atoms with E-state index in [1.165, 1.54) is 0 Å². The Kier molecular flexibility index (Phi) is 5.30. The highest BCUT2D eigenvalue weighted by atomic mass is 79.9. The predicted octanol–water partition coefficient (Wildman–Crippen LogP) is 4.85. The van der Waals surface area contributed by atoms with Gasteiger partial charge in [0.05, 0.1) is 7.11 Å². The number of halogens is 1. The Labute approximate surface area is 154 Å². The SMILES string of the molecule is COc1cccc(NC(=O)c2cc(Nc3cccc(Br)c3)ccn2)c1. The molecule has 3 aromatic rings. The third-order valence-electron chi connectivity index (χ3n) is 3.43. The number of hydrogen-bond acceptors (Lipinski definition) is 4. The standard InChI is InChI=1S/C19H16BrN3O2/c1-25-17-7-3-6-15(11-17)23-19(24)18-12-16(8-9-21-18)22-14-5-2-4-13(20)10-14/h2-12H,1H3,(H,21,22)(H,23,24). The van der Waals surface area contributed by atoms with Crippen LogP contribution in [0, 0.1) is 0 Å². The van der Waals surface area contributed by atoms with Gasteiger partial charge in [0, 0.05) is 33.8 Å². The van der Waals surface area contributed by atoms with Crippen LogP contribution in [0.15, 0.2) is 71.3 Å². The van der Waals surface area contributed by atoms with Gasteiger partial charge in [0.25, 0.3) is 5.91 Å². The molecule has 1 aromatic heterocycles. The summed E-state index contributed by atoms with van der Waals surface area (Å²) >= 11 is 3.44. The zero-order valence-electron chi connectivity index (χ0n) is 13.5. The number of nitrogens with zero attached hydrogens (tertiary/aromatic N) is 1. The summed E-state index contributed by atoms with van der Waals surface area (Å²) in [5, 5.41) is 6.07. The lowest BCUT2D eigenvalue weighted by Crippen LogP contribution is -2.13. The van der Waals surface area contributed by atoms with E-state index < -0.39 is 0 Å². The van der Waals surface area contributed by atoms with Gasteiger partial charge < -0.3 is 15.4 Å². The van der Waals surface area contributed by atoms with Crippen molar-refractivity contribution in [3.63, 3.8) is 0 Å². The molecule has 3 rings (SSSR count). The van der Waals surface area contributed by atoms with Crippen LogP contribution in [-0.2, 0) is 0 Å². The van der Waals surface area contributed by atoms with E-state index in [2.05, 4.69) is 31.5 Å². The molecule has 1 amide bonds. The number of methoxy groups -OCH3 is 1. The third kappa shape index (κ3) is 4.58. The first kappa shape index (κ1) is 17.0. The number of rotatable bonds is 5. The minimum absolute atomic E-state index is 0.286. The van der Waals surface area contributed by atoms with E-state index in [-0.39, 0.29) is 5.91 Å². The van der Waals surface area contributed by atoms with Gasteiger partial charge >= 0.3 is 0 Å². The summed E-state index contributed by atoms with van der Waals surface area (Å²) < 4.78 is 6.13. The highest BCUT2D eigenvalue weighted by molar-refractivity contribution is 9.10. The van der Waals surface area contributed by atoms with E-state index in [1.807, 2.05) is 42.5 Å². The van der Waals surface area contributed by atoms with Crippen molar-refractivity contribution < 1.29 is 9.53 Å². The molecule has 2 aromatic carbocycles. The first-order valence-corrected chi connectivity index (χ1v) is 8.37. The van der Waals surface area contributed by atoms with E-state index in [0.717, 1.165) is 15.8 Å². The molecule has 126 valence electrons. The normalized spacial score (nSPS) is 10.2. The second-order valence-corrected chi connectivity index (χ2v) is 6.17. The summed E-state index contributed by atoms with van der Waals surface area (Å²) in [7, 11) is 1.58. The van der Waals surface area contributed by atoms with E-state index in [0.29, 0.717) is 17.1 Å². The van der Waals surface area contributed by atoms with Crippen molar-refractivity contribution in [1.29, 1.82) is 0 Å². The van der Waals surface area contributed by atoms with Crippen LogP contribution < -0.4 is 15.4 Å². The number of anilines is 3. The Morgan fingerprint density at radius 1 is 1.00 bits per heavy atom. The number of benzene rings is 2. The Balaban J connectivity index is 1.75. The minimum atomic E-state index is -0.286. The topological polar surface area (TPSA) is 63.2 Å². The molecule has 6 heteroatoms. The van der Waals surface area contributed by atoms with Gasteiger partial charge in [-0.3, -0.25) is 9.78 Å². The summed E-state index contributed by atoms with van der Waals surface area (Å²) in [6.07, 6.45) is 1.60. The second-order valence-electron chi connectivity index (χ2n) is 5.25. The molecule has 0 atom stereocenters. The zero-order chi connectivity index (χ0) is 17.6. The summed E-state index contributed by atoms with van der Waals surface area (Å²) in [5.74, 6) is 0.391. The highest BCUT2D eigenvalue weighted by Gasteiger charge is 2.09. The van der Waals surface area contributed by atoms with Gasteiger partial charge in [-0.15, -0.1) is 0 Å². The molecule has 0 spiro atoms. The number of amides is 1. The molecule has 25 heavy (non-hydrogen) atoms. The van der Waals surface area contributed by atoms with Gasteiger partial charge in [-0.05, 0) is 42.5 Å². The zero-order valence-corrected chi connectivity index (χ0v) is 15.1. The first-order chi connectivity index (χ1) is 12.1. The maximum absolute atomic E-state index is 12.4. The fourth-order valence-corrected chi connectivity index (χ4v) is 2.66. The van der Waals surface area contributed by atoms with E-state index in [9.17, 15) is 4.79 Å². The predicted molar refractivity (Wildman–Crippen MR) is 103 cm³/mol. The van der Waals surface area contributed by atoms with Crippen LogP contribution in [0.25, 0.3) is 0 Å². The summed E-state index contributed by atoms with van der Waals surface area (Å²) in [4.78, 5) is 16.6. The van der Waals surface area contributed by atoms with E-state index in [1.54, 1.807) is 31.5 Å². The second kappa shape index (κ2) is 7.81. The van der Waals surface area contributed by atoms with Crippen LogP contribution in [0.1, 0.15) is 10.5 Å². The quantitative estimate of drug-likeness (QED) is 0.645. The number of nitrogens with one attached hydrogen (secondary N) is 2. The van der Waals surface area contributed by atoms with Crippen LogP contribution in [0.4, 0.5) is 17.1 Å². The van der Waals surface area contributed by atoms with Crippen molar-refractivity contribution in [2.24, 2.45) is 0 Å². The van der Waals surface area contributed by atoms with E-state index >= 15 is 0 Å². The lowest BCUT2D eigenvalue weighted by atomic mass is 10.2. The summed E-state index contributed by atoms with van der Waals surface area (Å²) in [5.41, 5.74) is 2.67. The van der Waals surface area contributed by atoms with E-state index in [4.69, 9.17) is 4.74 Å². The van der Waals surface area contributed by atoms with Gasteiger partial charge in [0.15, 0.2) is 0 Å². The average molecular weight is 398 g/mol. The number of hydrogen-bond donors (Lipinski definition) is 2. The molecular formula is C19H16BrN3O2. The number of carbonyl (C=O) groups is 1. The van der Waals surface area contributed by atoms with Gasteiger partial charge in [-0.25, -0.2) is 0 Å². The van der Waals surface area contributed by atoms with Gasteiger partial charge in [0.1, 0.15) is 11.4 Å². The Hall–Kier alpha value is -2.86. The number of aromatic nitrogens is 1. The van der Waals surface area contributed by atoms with Crippen LogP contribution in [-0.4, -0.2) is 18.0 Å². The Morgan fingerprint density at radius 3 is 2.56 bits per heavy atom. The monoisotopic (exact) mass is 397 g/mol. The van der Waals surface area contributed by atoms with Crippen molar-refractivity contribution in [3.05, 3.63) is 77.0 Å². The van der Waals surface area contributed by atoms with Crippen molar-refractivity contribution >= 4 is 38.9 Å². The minimum Gasteiger partial charge on any atom is -0.497 e. The van der Waals surface area contributed by atoms with Gasteiger partial charge in [0.2, 0.25) is 0 Å². The number of ether oxygens (including phenoxy) is 1. The lowest BCUT2D eigenvalue weighted by molar-refractivity contribution is 0.102. The van der Waals surface area contributed by atoms with Gasteiger partial charge in [-0.1, -0.05) is 28.1 Å². The smallest absolute Gasteiger partial charge is 0.274 e. The molecule has 0 aliphatic rings. The number of carbonyl (C=O) groups excluding carboxylic acids is 1. The molecule has 2 N–H and O–H groups in total. The molecule has 0 aliphatic heterocycles. The number of pyridine rings is 1. The largest absolute Gasteiger partial charge is 0.497 e. The van der Waals surface area contributed by atoms with Crippen LogP contribution >= 0.6 is 15.9 Å². The van der Waals surface area contributed by atoms with Crippen molar-refractivity contribution in [1.82, 2.24) is 4.98 Å². The Bertz CT molecular complexity index is 899. The fourth-order valence-electron chi connectivity index (χ4n) is 2.26. The first-order valence-electron chi connectivity index (χ1n) is 7.58. The van der Waals surface area contributed by atoms with Crippen molar-refractivity contribution in [2.45, 2.75) is 0 Å². The summed E-state index contributed by atoms with van der Waals surface area (Å²) in [6.45, 7) is 0. The van der Waals surface area contributed by atoms with Gasteiger partial charge in [-0.2, -0.15) is 0 Å². The molecule has 1 heterocycles. The molecular weight excluding hydrogens is 382 g/mol. The van der Waals surface area contributed by atoms with Crippen molar-refractivity contribution in [3.8, 4) is 5.75 Å². The molecule has 0 radical (unpaired) electrons. The maximum Gasteiger partial charge on any atom is 0.274 e. The fraction of sp³-hybridized carbons (Fsp3) is 0.0526. The molecule has 0 fully saturated rings. The average Bonchev–Trinajstić information content (AvgIpc) is 2.62. The molecule has 0 bridgehead atoms. The molecule has 0 aliphatic carbocycles. The van der Waals surface area contributed by atoms with Crippen LogP contribution in [0.5, 0.6) is 5.75 Å². The third-order valence-corrected chi connectivity index (χ3v) is 3.93. The van der Waals surface area contributed by atoms with Crippen LogP contribution in [0.3, 0.4) is 0 Å². The summed E-state index contributed by atoms with van der Waals surface area (Å²) in [6, 6.07) is 18.5. The maximum atomic E-state index is 12.4.